The summed E-state index contributed by atoms with van der Waals surface area (Å²) in [6.07, 6.45) is 1.70. The first kappa shape index (κ1) is 13.1. The summed E-state index contributed by atoms with van der Waals surface area (Å²) in [5, 5.41) is 14.6. The van der Waals surface area contributed by atoms with E-state index in [0.29, 0.717) is 10.8 Å². The maximum Gasteiger partial charge on any atom is 0.279 e. The molecule has 0 aliphatic rings. The van der Waals surface area contributed by atoms with E-state index in [1.165, 1.54) is 22.2 Å². The van der Waals surface area contributed by atoms with Crippen LogP contribution in [-0.4, -0.2) is 38.8 Å². The molecule has 2 heterocycles. The van der Waals surface area contributed by atoms with E-state index in [-0.39, 0.29) is 23.9 Å². The molecule has 2 rings (SSSR count). The fourth-order valence-electron chi connectivity index (χ4n) is 1.31. The van der Waals surface area contributed by atoms with Crippen LogP contribution < -0.4 is 10.6 Å². The molecule has 0 atom stereocenters. The molecule has 0 unspecified atom stereocenters. The summed E-state index contributed by atoms with van der Waals surface area (Å²) >= 11 is 1.25. The maximum atomic E-state index is 11.8. The smallest absolute Gasteiger partial charge is 0.279 e. The zero-order valence-corrected chi connectivity index (χ0v) is 11.2. The Balaban J connectivity index is 2.00. The highest BCUT2D eigenvalue weighted by Crippen LogP contribution is 2.16. The summed E-state index contributed by atoms with van der Waals surface area (Å²) in [5.74, 6) is -0.508. The van der Waals surface area contributed by atoms with Crippen LogP contribution in [0.5, 0.6) is 0 Å². The second-order valence-corrected chi connectivity index (χ2v) is 4.58. The van der Waals surface area contributed by atoms with E-state index in [9.17, 15) is 9.59 Å². The molecule has 0 aliphatic heterocycles. The number of anilines is 1. The largest absolute Gasteiger partial charge is 0.359 e. The highest BCUT2D eigenvalue weighted by atomic mass is 32.1. The molecular weight excluding hydrogens is 268 g/mol. The Labute approximate surface area is 112 Å². The molecule has 2 N–H and O–H groups in total. The highest BCUT2D eigenvalue weighted by molar-refractivity contribution is 7.14. The van der Waals surface area contributed by atoms with Crippen LogP contribution in [0.1, 0.15) is 16.2 Å². The van der Waals surface area contributed by atoms with Gasteiger partial charge in [0.25, 0.3) is 5.91 Å². The number of hydrogen-bond acceptors (Lipinski definition) is 6. The van der Waals surface area contributed by atoms with Gasteiger partial charge in [0.2, 0.25) is 5.91 Å². The third kappa shape index (κ3) is 3.35. The third-order valence-corrected chi connectivity index (χ3v) is 3.03. The van der Waals surface area contributed by atoms with Crippen molar-refractivity contribution in [3.63, 3.8) is 0 Å². The minimum Gasteiger partial charge on any atom is -0.359 e. The van der Waals surface area contributed by atoms with Crippen LogP contribution in [0.3, 0.4) is 0 Å². The van der Waals surface area contributed by atoms with Crippen LogP contribution in [0.25, 0.3) is 0 Å². The average Bonchev–Trinajstić information content (AvgIpc) is 2.98. The lowest BCUT2D eigenvalue weighted by Crippen LogP contribution is -2.20. The van der Waals surface area contributed by atoms with Gasteiger partial charge in [-0.1, -0.05) is 5.21 Å². The Morgan fingerprint density at radius 3 is 2.89 bits per heavy atom. The zero-order valence-electron chi connectivity index (χ0n) is 10.4. The summed E-state index contributed by atoms with van der Waals surface area (Å²) in [6, 6.07) is 0. The molecule has 0 aromatic carbocycles. The molecule has 100 valence electrons. The summed E-state index contributed by atoms with van der Waals surface area (Å²) in [6.45, 7) is 0. The lowest BCUT2D eigenvalue weighted by atomic mass is 10.3. The molecule has 0 radical (unpaired) electrons. The predicted octanol–water partition coefficient (Wildman–Crippen LogP) is -0.188. The van der Waals surface area contributed by atoms with Gasteiger partial charge in [0, 0.05) is 19.5 Å². The van der Waals surface area contributed by atoms with Crippen LogP contribution in [-0.2, 0) is 18.3 Å². The van der Waals surface area contributed by atoms with Crippen LogP contribution in [0.2, 0.25) is 0 Å². The number of aromatic nitrogens is 4. The van der Waals surface area contributed by atoms with Crippen molar-refractivity contribution in [2.24, 2.45) is 7.05 Å². The lowest BCUT2D eigenvalue weighted by Gasteiger charge is -1.97. The summed E-state index contributed by atoms with van der Waals surface area (Å²) in [7, 11) is 3.24. The van der Waals surface area contributed by atoms with Crippen LogP contribution >= 0.6 is 11.3 Å². The van der Waals surface area contributed by atoms with Crippen molar-refractivity contribution in [2.45, 2.75) is 6.42 Å². The van der Waals surface area contributed by atoms with Crippen LogP contribution in [0.4, 0.5) is 5.13 Å². The predicted molar refractivity (Wildman–Crippen MR) is 68.8 cm³/mol. The molecule has 0 saturated heterocycles. The van der Waals surface area contributed by atoms with Crippen LogP contribution in [0, 0.1) is 0 Å². The molecule has 0 fully saturated rings. The molecule has 2 aromatic rings. The Morgan fingerprint density at radius 1 is 1.47 bits per heavy atom. The normalized spacial score (nSPS) is 10.2. The summed E-state index contributed by atoms with van der Waals surface area (Å²) in [4.78, 5) is 27.1. The topological polar surface area (TPSA) is 102 Å². The third-order valence-electron chi connectivity index (χ3n) is 2.23. The number of likely N-dealkylation sites (N-methyl/N-ethyl adjacent to an activating group) is 1. The van der Waals surface area contributed by atoms with Crippen molar-refractivity contribution in [1.82, 2.24) is 25.3 Å². The van der Waals surface area contributed by atoms with E-state index in [1.54, 1.807) is 19.5 Å². The lowest BCUT2D eigenvalue weighted by molar-refractivity contribution is -0.120. The van der Waals surface area contributed by atoms with E-state index < -0.39 is 0 Å². The van der Waals surface area contributed by atoms with Gasteiger partial charge in [-0.15, -0.1) is 16.4 Å². The second-order valence-electron chi connectivity index (χ2n) is 3.73. The number of aryl methyl sites for hydroxylation is 1. The number of thiazole rings is 1. The monoisotopic (exact) mass is 280 g/mol. The first-order chi connectivity index (χ1) is 9.08. The first-order valence-corrected chi connectivity index (χ1v) is 6.29. The molecule has 2 amide bonds. The molecular formula is C10H12N6O2S. The van der Waals surface area contributed by atoms with E-state index in [2.05, 4.69) is 25.9 Å². The number of hydrogen-bond donors (Lipinski definition) is 2. The van der Waals surface area contributed by atoms with Crippen molar-refractivity contribution >= 4 is 28.3 Å². The number of carbonyl (C=O) groups is 2. The molecule has 2 aromatic heterocycles. The van der Waals surface area contributed by atoms with Gasteiger partial charge in [-0.3, -0.25) is 19.6 Å². The van der Waals surface area contributed by atoms with Gasteiger partial charge < -0.3 is 5.32 Å². The van der Waals surface area contributed by atoms with Gasteiger partial charge in [0.1, 0.15) is 0 Å². The van der Waals surface area contributed by atoms with Gasteiger partial charge in [0.15, 0.2) is 10.8 Å². The fourth-order valence-corrected chi connectivity index (χ4v) is 2.02. The molecule has 9 heteroatoms. The minimum atomic E-state index is -0.381. The Hall–Kier alpha value is -2.29. The van der Waals surface area contributed by atoms with Crippen molar-refractivity contribution < 1.29 is 9.59 Å². The molecule has 0 saturated carbocycles. The van der Waals surface area contributed by atoms with E-state index in [0.717, 1.165) is 0 Å². The number of nitrogens with one attached hydrogen (secondary N) is 2. The molecule has 0 spiro atoms. The molecule has 8 nitrogen and oxygen atoms in total. The fraction of sp³-hybridized carbons (Fsp3) is 0.300. The van der Waals surface area contributed by atoms with Crippen molar-refractivity contribution in [1.29, 1.82) is 0 Å². The minimum absolute atomic E-state index is 0.128. The Bertz CT molecular complexity index is 605. The summed E-state index contributed by atoms with van der Waals surface area (Å²) < 4.78 is 1.44. The molecule has 0 bridgehead atoms. The number of amides is 2. The van der Waals surface area contributed by atoms with E-state index in [1.807, 2.05) is 0 Å². The number of nitrogens with zero attached hydrogens (tertiary/aromatic N) is 4. The zero-order chi connectivity index (χ0) is 13.8. The first-order valence-electron chi connectivity index (χ1n) is 5.41. The number of rotatable bonds is 4. The standard InChI is InChI=1S/C10H12N6O2S/c1-11-8(17)3-6-5-19-10(12-6)13-9(18)7-4-16(2)15-14-7/h4-5H,3H2,1-2H3,(H,11,17)(H,12,13,18). The Kier molecular flexibility index (Phi) is 3.85. The van der Waals surface area contributed by atoms with Crippen molar-refractivity contribution in [3.05, 3.63) is 23.0 Å². The molecule has 0 aliphatic carbocycles. The second kappa shape index (κ2) is 5.57. The number of carbonyl (C=O) groups excluding carboxylic acids is 2. The molecule has 19 heavy (non-hydrogen) atoms. The van der Waals surface area contributed by atoms with Gasteiger partial charge in [-0.05, 0) is 0 Å². The van der Waals surface area contributed by atoms with Crippen molar-refractivity contribution in [3.8, 4) is 0 Å². The summed E-state index contributed by atoms with van der Waals surface area (Å²) in [5.41, 5.74) is 0.823. The SMILES string of the molecule is CNC(=O)Cc1csc(NC(=O)c2cn(C)nn2)n1. The van der Waals surface area contributed by atoms with Crippen LogP contribution in [0.15, 0.2) is 11.6 Å². The average molecular weight is 280 g/mol. The van der Waals surface area contributed by atoms with Gasteiger partial charge in [0.05, 0.1) is 18.3 Å². The quantitative estimate of drug-likeness (QED) is 0.808. The van der Waals surface area contributed by atoms with E-state index in [4.69, 9.17) is 0 Å². The van der Waals surface area contributed by atoms with Gasteiger partial charge in [-0.25, -0.2) is 4.98 Å². The van der Waals surface area contributed by atoms with Gasteiger partial charge in [-0.2, -0.15) is 0 Å². The van der Waals surface area contributed by atoms with Crippen molar-refractivity contribution in [2.75, 3.05) is 12.4 Å². The maximum absolute atomic E-state index is 11.8. The van der Waals surface area contributed by atoms with Gasteiger partial charge >= 0.3 is 0 Å². The highest BCUT2D eigenvalue weighted by Gasteiger charge is 2.13. The van der Waals surface area contributed by atoms with E-state index >= 15 is 0 Å². The Morgan fingerprint density at radius 2 is 2.26 bits per heavy atom.